The molecular weight excluding hydrogens is 338 g/mol. The van der Waals surface area contributed by atoms with Crippen molar-refractivity contribution in [3.05, 3.63) is 30.1 Å². The standard InChI is InChI=1S/C17H23N5O2S/c1-11(2)9-18-16(24)10-25-17-21-20-12(3)22(17)15-7-5-6-14(8-15)19-13(4)23/h5-8,11H,9-10H2,1-4H3,(H,18,24)(H,19,23). The topological polar surface area (TPSA) is 88.9 Å². The number of hydrogen-bond donors (Lipinski definition) is 2. The highest BCUT2D eigenvalue weighted by molar-refractivity contribution is 7.99. The van der Waals surface area contributed by atoms with Gasteiger partial charge in [-0.05, 0) is 31.0 Å². The van der Waals surface area contributed by atoms with Crippen LogP contribution in [0.2, 0.25) is 0 Å². The van der Waals surface area contributed by atoms with E-state index in [4.69, 9.17) is 0 Å². The number of amides is 2. The molecule has 0 aliphatic heterocycles. The van der Waals surface area contributed by atoms with E-state index < -0.39 is 0 Å². The summed E-state index contributed by atoms with van der Waals surface area (Å²) in [5.74, 6) is 1.24. The first kappa shape index (κ1) is 19.0. The van der Waals surface area contributed by atoms with E-state index in [1.54, 1.807) is 0 Å². The lowest BCUT2D eigenvalue weighted by Crippen LogP contribution is -2.28. The van der Waals surface area contributed by atoms with Gasteiger partial charge in [-0.1, -0.05) is 31.7 Å². The van der Waals surface area contributed by atoms with Gasteiger partial charge in [0.05, 0.1) is 11.4 Å². The molecule has 2 N–H and O–H groups in total. The van der Waals surface area contributed by atoms with E-state index in [0.29, 0.717) is 29.1 Å². The Labute approximate surface area is 151 Å². The lowest BCUT2D eigenvalue weighted by Gasteiger charge is -2.11. The molecule has 2 rings (SSSR count). The average molecular weight is 361 g/mol. The predicted octanol–water partition coefficient (Wildman–Crippen LogP) is 2.40. The van der Waals surface area contributed by atoms with Crippen LogP contribution in [0.25, 0.3) is 5.69 Å². The van der Waals surface area contributed by atoms with Crippen molar-refractivity contribution in [2.75, 3.05) is 17.6 Å². The van der Waals surface area contributed by atoms with Crippen LogP contribution in [-0.2, 0) is 9.59 Å². The highest BCUT2D eigenvalue weighted by Gasteiger charge is 2.14. The van der Waals surface area contributed by atoms with Crippen molar-refractivity contribution in [1.82, 2.24) is 20.1 Å². The van der Waals surface area contributed by atoms with Crippen LogP contribution in [0.4, 0.5) is 5.69 Å². The van der Waals surface area contributed by atoms with Crippen LogP contribution < -0.4 is 10.6 Å². The molecule has 2 amide bonds. The van der Waals surface area contributed by atoms with E-state index in [1.165, 1.54) is 18.7 Å². The maximum atomic E-state index is 11.9. The number of aromatic nitrogens is 3. The molecule has 0 spiro atoms. The SMILES string of the molecule is CC(=O)Nc1cccc(-n2c(C)nnc2SCC(=O)NCC(C)C)c1. The Morgan fingerprint density at radius 3 is 2.72 bits per heavy atom. The molecular formula is C17H23N5O2S. The van der Waals surface area contributed by atoms with Crippen LogP contribution in [0.3, 0.4) is 0 Å². The Balaban J connectivity index is 2.13. The molecule has 25 heavy (non-hydrogen) atoms. The van der Waals surface area contributed by atoms with Gasteiger partial charge < -0.3 is 10.6 Å². The van der Waals surface area contributed by atoms with Gasteiger partial charge in [-0.3, -0.25) is 14.2 Å². The molecule has 0 saturated heterocycles. The predicted molar refractivity (Wildman–Crippen MR) is 99.0 cm³/mol. The van der Waals surface area contributed by atoms with Crippen LogP contribution >= 0.6 is 11.8 Å². The van der Waals surface area contributed by atoms with Crippen molar-refractivity contribution in [2.24, 2.45) is 5.92 Å². The second kappa shape index (κ2) is 8.66. The number of carbonyl (C=O) groups is 2. The zero-order valence-electron chi connectivity index (χ0n) is 14.9. The molecule has 8 heteroatoms. The summed E-state index contributed by atoms with van der Waals surface area (Å²) >= 11 is 1.33. The van der Waals surface area contributed by atoms with Crippen molar-refractivity contribution in [3.63, 3.8) is 0 Å². The van der Waals surface area contributed by atoms with Crippen molar-refractivity contribution >= 4 is 29.3 Å². The fourth-order valence-electron chi connectivity index (χ4n) is 2.16. The summed E-state index contributed by atoms with van der Waals surface area (Å²) in [4.78, 5) is 23.2. The minimum absolute atomic E-state index is 0.0297. The molecule has 0 bridgehead atoms. The molecule has 0 aliphatic rings. The Morgan fingerprint density at radius 2 is 2.04 bits per heavy atom. The molecule has 1 aromatic heterocycles. The smallest absolute Gasteiger partial charge is 0.230 e. The number of hydrogen-bond acceptors (Lipinski definition) is 5. The zero-order valence-corrected chi connectivity index (χ0v) is 15.7. The molecule has 7 nitrogen and oxygen atoms in total. The maximum absolute atomic E-state index is 11.9. The quantitative estimate of drug-likeness (QED) is 0.739. The summed E-state index contributed by atoms with van der Waals surface area (Å²) in [5.41, 5.74) is 1.53. The summed E-state index contributed by atoms with van der Waals surface area (Å²) in [7, 11) is 0. The van der Waals surface area contributed by atoms with Crippen molar-refractivity contribution in [1.29, 1.82) is 0 Å². The molecule has 134 valence electrons. The second-order valence-corrected chi connectivity index (χ2v) is 7.03. The van der Waals surface area contributed by atoms with E-state index in [-0.39, 0.29) is 17.6 Å². The van der Waals surface area contributed by atoms with E-state index >= 15 is 0 Å². The van der Waals surface area contributed by atoms with Crippen LogP contribution in [-0.4, -0.2) is 38.9 Å². The minimum Gasteiger partial charge on any atom is -0.355 e. The third-order valence-corrected chi connectivity index (χ3v) is 4.19. The van der Waals surface area contributed by atoms with Gasteiger partial charge in [0.25, 0.3) is 0 Å². The number of rotatable bonds is 7. The second-order valence-electron chi connectivity index (χ2n) is 6.08. The van der Waals surface area contributed by atoms with E-state index in [2.05, 4.69) is 34.7 Å². The van der Waals surface area contributed by atoms with Gasteiger partial charge in [0.1, 0.15) is 5.82 Å². The monoisotopic (exact) mass is 361 g/mol. The largest absolute Gasteiger partial charge is 0.355 e. The third kappa shape index (κ3) is 5.60. The average Bonchev–Trinajstić information content (AvgIpc) is 2.91. The number of anilines is 1. The molecule has 1 heterocycles. The number of nitrogens with one attached hydrogen (secondary N) is 2. The van der Waals surface area contributed by atoms with Gasteiger partial charge in [-0.25, -0.2) is 0 Å². The molecule has 0 unspecified atom stereocenters. The first-order valence-corrected chi connectivity index (χ1v) is 9.05. The summed E-state index contributed by atoms with van der Waals surface area (Å²) in [6.07, 6.45) is 0. The summed E-state index contributed by atoms with van der Waals surface area (Å²) in [5, 5.41) is 14.5. The summed E-state index contributed by atoms with van der Waals surface area (Å²) in [6.45, 7) is 8.07. The first-order valence-electron chi connectivity index (χ1n) is 8.06. The number of thioether (sulfide) groups is 1. The Kier molecular flexibility index (Phi) is 6.58. The van der Waals surface area contributed by atoms with Crippen LogP contribution in [0.15, 0.2) is 29.4 Å². The molecule has 0 fully saturated rings. The summed E-state index contributed by atoms with van der Waals surface area (Å²) in [6, 6.07) is 7.42. The van der Waals surface area contributed by atoms with Gasteiger partial charge in [0, 0.05) is 19.2 Å². The minimum atomic E-state index is -0.131. The van der Waals surface area contributed by atoms with Crippen LogP contribution in [0, 0.1) is 12.8 Å². The van der Waals surface area contributed by atoms with Gasteiger partial charge in [-0.15, -0.1) is 10.2 Å². The fourth-order valence-corrected chi connectivity index (χ4v) is 2.99. The van der Waals surface area contributed by atoms with E-state index in [1.807, 2.05) is 35.8 Å². The maximum Gasteiger partial charge on any atom is 0.230 e. The molecule has 0 atom stereocenters. The Morgan fingerprint density at radius 1 is 1.28 bits per heavy atom. The van der Waals surface area contributed by atoms with Crippen molar-refractivity contribution in [2.45, 2.75) is 32.9 Å². The highest BCUT2D eigenvalue weighted by atomic mass is 32.2. The molecule has 2 aromatic rings. The van der Waals surface area contributed by atoms with Crippen molar-refractivity contribution in [3.8, 4) is 5.69 Å². The third-order valence-electron chi connectivity index (χ3n) is 3.26. The molecule has 0 saturated carbocycles. The van der Waals surface area contributed by atoms with E-state index in [9.17, 15) is 9.59 Å². The van der Waals surface area contributed by atoms with Crippen molar-refractivity contribution < 1.29 is 9.59 Å². The zero-order chi connectivity index (χ0) is 18.4. The highest BCUT2D eigenvalue weighted by Crippen LogP contribution is 2.23. The summed E-state index contributed by atoms with van der Waals surface area (Å²) < 4.78 is 1.87. The fraction of sp³-hybridized carbons (Fsp3) is 0.412. The van der Waals surface area contributed by atoms with E-state index in [0.717, 1.165) is 5.69 Å². The number of aryl methyl sites for hydroxylation is 1. The van der Waals surface area contributed by atoms with Crippen LogP contribution in [0.5, 0.6) is 0 Å². The lowest BCUT2D eigenvalue weighted by atomic mass is 10.2. The normalized spacial score (nSPS) is 10.8. The van der Waals surface area contributed by atoms with Gasteiger partial charge in [0.15, 0.2) is 5.16 Å². The van der Waals surface area contributed by atoms with Gasteiger partial charge in [0.2, 0.25) is 11.8 Å². The van der Waals surface area contributed by atoms with Gasteiger partial charge in [-0.2, -0.15) is 0 Å². The Bertz CT molecular complexity index is 757. The van der Waals surface area contributed by atoms with Crippen LogP contribution in [0.1, 0.15) is 26.6 Å². The molecule has 0 aliphatic carbocycles. The first-order chi connectivity index (χ1) is 11.9. The molecule has 0 radical (unpaired) electrons. The lowest BCUT2D eigenvalue weighted by molar-refractivity contribution is -0.118. The Hall–Kier alpha value is -2.35. The number of benzene rings is 1. The number of carbonyl (C=O) groups excluding carboxylic acids is 2. The van der Waals surface area contributed by atoms with Gasteiger partial charge >= 0.3 is 0 Å². The number of nitrogens with zero attached hydrogens (tertiary/aromatic N) is 3. The molecule has 1 aromatic carbocycles.